The van der Waals surface area contributed by atoms with Gasteiger partial charge in [-0.05, 0) is 61.0 Å². The third-order valence-corrected chi connectivity index (χ3v) is 5.10. The molecule has 0 aliphatic carbocycles. The molecule has 1 N–H and O–H groups in total. The molecule has 0 atom stereocenters. The van der Waals surface area contributed by atoms with Gasteiger partial charge >= 0.3 is 0 Å². The van der Waals surface area contributed by atoms with E-state index in [1.54, 1.807) is 12.3 Å². The zero-order chi connectivity index (χ0) is 19.0. The Labute approximate surface area is 157 Å². The van der Waals surface area contributed by atoms with Gasteiger partial charge in [-0.15, -0.1) is 0 Å². The molecule has 0 spiro atoms. The minimum Gasteiger partial charge on any atom is -0.322 e. The molecule has 27 heavy (non-hydrogen) atoms. The molecular formula is C20H13F2N3OS. The Kier molecular flexibility index (Phi) is 4.37. The van der Waals surface area contributed by atoms with E-state index in [0.29, 0.717) is 5.69 Å². The number of aryl methyl sites for hydroxylation is 1. The fraction of sp³-hybridized carbons (Fsp3) is 0.0500. The minimum absolute atomic E-state index is 0.0506. The smallest absolute Gasteiger partial charge is 0.255 e. The highest BCUT2D eigenvalue weighted by Gasteiger charge is 2.13. The number of pyridine rings is 1. The third-order valence-electron chi connectivity index (χ3n) is 4.07. The van der Waals surface area contributed by atoms with Gasteiger partial charge in [-0.3, -0.25) is 4.79 Å². The van der Waals surface area contributed by atoms with Crippen LogP contribution in [-0.4, -0.2) is 15.9 Å². The maximum Gasteiger partial charge on any atom is 0.255 e. The predicted octanol–water partition coefficient (Wildman–Crippen LogP) is 5.20. The van der Waals surface area contributed by atoms with Crippen LogP contribution in [0.1, 0.15) is 15.9 Å². The zero-order valence-electron chi connectivity index (χ0n) is 14.2. The Balaban J connectivity index is 1.59. The van der Waals surface area contributed by atoms with Gasteiger partial charge in [-0.2, -0.15) is 0 Å². The summed E-state index contributed by atoms with van der Waals surface area (Å²) in [4.78, 5) is 22.0. The van der Waals surface area contributed by atoms with Crippen molar-refractivity contribution in [2.75, 3.05) is 5.32 Å². The average Bonchev–Trinajstić information content (AvgIpc) is 3.09. The molecule has 0 aliphatic rings. The molecule has 0 radical (unpaired) electrons. The number of nitrogens with one attached hydrogen (secondary N) is 1. The predicted molar refractivity (Wildman–Crippen MR) is 102 cm³/mol. The van der Waals surface area contributed by atoms with E-state index < -0.39 is 17.5 Å². The largest absolute Gasteiger partial charge is 0.322 e. The molecule has 2 aromatic heterocycles. The maximum absolute atomic E-state index is 13.3. The maximum atomic E-state index is 13.3. The lowest BCUT2D eigenvalue weighted by Crippen LogP contribution is -2.13. The van der Waals surface area contributed by atoms with Gasteiger partial charge < -0.3 is 5.32 Å². The Morgan fingerprint density at radius 1 is 1.07 bits per heavy atom. The second-order valence-corrected chi connectivity index (χ2v) is 6.94. The number of hydrogen-bond donors (Lipinski definition) is 1. The van der Waals surface area contributed by atoms with Gasteiger partial charge in [0.25, 0.3) is 5.91 Å². The van der Waals surface area contributed by atoms with E-state index in [2.05, 4.69) is 15.3 Å². The van der Waals surface area contributed by atoms with Gasteiger partial charge in [0, 0.05) is 23.0 Å². The van der Waals surface area contributed by atoms with Crippen LogP contribution in [0.15, 0.2) is 54.7 Å². The lowest BCUT2D eigenvalue weighted by molar-refractivity contribution is 0.102. The summed E-state index contributed by atoms with van der Waals surface area (Å²) in [7, 11) is 0. The van der Waals surface area contributed by atoms with Gasteiger partial charge in [0.15, 0.2) is 11.6 Å². The van der Waals surface area contributed by atoms with Gasteiger partial charge in [-0.25, -0.2) is 18.7 Å². The van der Waals surface area contributed by atoms with E-state index in [9.17, 15) is 13.6 Å². The summed E-state index contributed by atoms with van der Waals surface area (Å²) in [5.41, 5.74) is 3.23. The highest BCUT2D eigenvalue weighted by atomic mass is 32.1. The topological polar surface area (TPSA) is 54.9 Å². The lowest BCUT2D eigenvalue weighted by Gasteiger charge is -2.10. The quantitative estimate of drug-likeness (QED) is 0.531. The monoisotopic (exact) mass is 381 g/mol. The summed E-state index contributed by atoms with van der Waals surface area (Å²) in [6.07, 6.45) is 1.73. The number of anilines is 1. The molecular weight excluding hydrogens is 368 g/mol. The molecule has 4 nitrogen and oxygen atoms in total. The van der Waals surface area contributed by atoms with Gasteiger partial charge in [0.2, 0.25) is 0 Å². The third kappa shape index (κ3) is 3.41. The van der Waals surface area contributed by atoms with Gasteiger partial charge in [-0.1, -0.05) is 11.3 Å². The average molecular weight is 381 g/mol. The van der Waals surface area contributed by atoms with Crippen LogP contribution in [0, 0.1) is 18.6 Å². The summed E-state index contributed by atoms with van der Waals surface area (Å²) < 4.78 is 26.3. The number of hydrogen-bond acceptors (Lipinski definition) is 4. The molecule has 0 fully saturated rings. The molecule has 4 rings (SSSR count). The number of nitrogens with zero attached hydrogens (tertiary/aromatic N) is 2. The molecule has 134 valence electrons. The second-order valence-electron chi connectivity index (χ2n) is 5.96. The van der Waals surface area contributed by atoms with Crippen LogP contribution in [-0.2, 0) is 0 Å². The van der Waals surface area contributed by atoms with Crippen LogP contribution in [0.3, 0.4) is 0 Å². The molecule has 0 bridgehead atoms. The molecule has 0 aliphatic heterocycles. The Hall–Kier alpha value is -3.19. The first-order valence-corrected chi connectivity index (χ1v) is 8.92. The number of thiazole rings is 1. The fourth-order valence-corrected chi connectivity index (χ4v) is 3.57. The molecule has 4 aromatic rings. The highest BCUT2D eigenvalue weighted by Crippen LogP contribution is 2.31. The summed E-state index contributed by atoms with van der Waals surface area (Å²) in [5.74, 6) is -2.55. The van der Waals surface area contributed by atoms with Crippen molar-refractivity contribution in [2.45, 2.75) is 6.92 Å². The van der Waals surface area contributed by atoms with Crippen molar-refractivity contribution < 1.29 is 13.6 Å². The van der Waals surface area contributed by atoms with Crippen molar-refractivity contribution in [1.29, 1.82) is 0 Å². The summed E-state index contributed by atoms with van der Waals surface area (Å²) in [5, 5.41) is 3.56. The molecule has 0 unspecified atom stereocenters. The van der Waals surface area contributed by atoms with Gasteiger partial charge in [0.05, 0.1) is 0 Å². The van der Waals surface area contributed by atoms with E-state index in [-0.39, 0.29) is 5.56 Å². The first-order chi connectivity index (χ1) is 13.0. The number of carbonyl (C=O) groups excluding carboxylic acids is 1. The van der Waals surface area contributed by atoms with Crippen molar-refractivity contribution in [3.05, 3.63) is 77.5 Å². The Bertz CT molecular complexity index is 1140. The van der Waals surface area contributed by atoms with Crippen LogP contribution >= 0.6 is 11.3 Å². The summed E-state index contributed by atoms with van der Waals surface area (Å²) >= 11 is 1.49. The van der Waals surface area contributed by atoms with E-state index >= 15 is 0 Å². The number of benzene rings is 2. The van der Waals surface area contributed by atoms with E-state index in [0.717, 1.165) is 38.6 Å². The summed E-state index contributed by atoms with van der Waals surface area (Å²) in [6, 6.07) is 12.3. The molecule has 0 saturated carbocycles. The first-order valence-electron chi connectivity index (χ1n) is 8.10. The second kappa shape index (κ2) is 6.85. The van der Waals surface area contributed by atoms with Crippen molar-refractivity contribution in [2.24, 2.45) is 0 Å². The number of fused-ring (bicyclic) bond motifs is 1. The van der Waals surface area contributed by atoms with Crippen LogP contribution in [0.25, 0.3) is 20.9 Å². The zero-order valence-corrected chi connectivity index (χ0v) is 15.0. The molecule has 0 saturated heterocycles. The Morgan fingerprint density at radius 2 is 1.93 bits per heavy atom. The van der Waals surface area contributed by atoms with Crippen molar-refractivity contribution in [1.82, 2.24) is 9.97 Å². The van der Waals surface area contributed by atoms with E-state index in [1.165, 1.54) is 17.4 Å². The minimum atomic E-state index is -1.06. The lowest BCUT2D eigenvalue weighted by atomic mass is 10.1. The number of rotatable bonds is 3. The number of halogens is 2. The van der Waals surface area contributed by atoms with Crippen LogP contribution in [0.5, 0.6) is 0 Å². The number of carbonyl (C=O) groups is 1. The number of amides is 1. The van der Waals surface area contributed by atoms with Crippen LogP contribution in [0.4, 0.5) is 14.5 Å². The van der Waals surface area contributed by atoms with E-state index in [4.69, 9.17) is 0 Å². The van der Waals surface area contributed by atoms with Gasteiger partial charge in [0.1, 0.15) is 15.4 Å². The normalized spacial score (nSPS) is 10.9. The van der Waals surface area contributed by atoms with Crippen LogP contribution in [0.2, 0.25) is 0 Å². The van der Waals surface area contributed by atoms with Crippen LogP contribution < -0.4 is 5.32 Å². The molecule has 2 aromatic carbocycles. The van der Waals surface area contributed by atoms with Crippen molar-refractivity contribution in [3.8, 4) is 10.6 Å². The fourth-order valence-electron chi connectivity index (χ4n) is 2.66. The first kappa shape index (κ1) is 17.2. The van der Waals surface area contributed by atoms with E-state index in [1.807, 2.05) is 31.2 Å². The highest BCUT2D eigenvalue weighted by molar-refractivity contribution is 7.21. The molecule has 1 amide bonds. The number of aromatic nitrogens is 2. The standard InChI is InChI=1S/C20H13F2N3OS/c1-11-9-13(19-25-17-3-2-8-23-20(17)27-19)5-7-16(11)24-18(26)12-4-6-14(21)15(22)10-12/h2-10H,1H3,(H,24,26). The summed E-state index contributed by atoms with van der Waals surface area (Å²) in [6.45, 7) is 1.86. The SMILES string of the molecule is Cc1cc(-c2nc3cccnc3s2)ccc1NC(=O)c1ccc(F)c(F)c1. The van der Waals surface area contributed by atoms with Crippen molar-refractivity contribution in [3.63, 3.8) is 0 Å². The molecule has 2 heterocycles. The molecule has 7 heteroatoms. The van der Waals surface area contributed by atoms with Crippen molar-refractivity contribution >= 4 is 33.3 Å². The Morgan fingerprint density at radius 3 is 2.67 bits per heavy atom.